The summed E-state index contributed by atoms with van der Waals surface area (Å²) in [6.07, 6.45) is 1.76. The lowest BCUT2D eigenvalue weighted by molar-refractivity contribution is 0.198. The zero-order chi connectivity index (χ0) is 14.4. The van der Waals surface area contributed by atoms with Crippen LogP contribution in [0.15, 0.2) is 30.5 Å². The third kappa shape index (κ3) is 1.86. The Bertz CT molecular complexity index is 716. The first-order valence-corrected chi connectivity index (χ1v) is 7.16. The zero-order valence-electron chi connectivity index (χ0n) is 11.6. The molecule has 0 saturated carbocycles. The maximum Gasteiger partial charge on any atom is 0.317 e. The van der Waals surface area contributed by atoms with Crippen molar-refractivity contribution in [2.75, 3.05) is 36.8 Å². The fourth-order valence-electron chi connectivity index (χ4n) is 3.28. The molecule has 1 aromatic carbocycles. The van der Waals surface area contributed by atoms with Crippen LogP contribution in [-0.4, -0.2) is 48.1 Å². The van der Waals surface area contributed by atoms with E-state index in [1.165, 1.54) is 0 Å². The number of urea groups is 1. The molecule has 21 heavy (non-hydrogen) atoms. The van der Waals surface area contributed by atoms with E-state index in [0.717, 1.165) is 42.8 Å². The molecule has 4 rings (SSSR count). The van der Waals surface area contributed by atoms with E-state index in [-0.39, 0.29) is 12.1 Å². The Balaban J connectivity index is 1.71. The molecule has 6 heteroatoms. The Kier molecular flexibility index (Phi) is 2.63. The third-order valence-corrected chi connectivity index (χ3v) is 4.35. The summed E-state index contributed by atoms with van der Waals surface area (Å²) in [5, 5.41) is 3.98. The van der Waals surface area contributed by atoms with E-state index in [2.05, 4.69) is 27.3 Å². The lowest BCUT2D eigenvalue weighted by Crippen LogP contribution is -2.52. The maximum absolute atomic E-state index is 11.7. The van der Waals surface area contributed by atoms with Crippen molar-refractivity contribution in [3.05, 3.63) is 30.5 Å². The number of anilines is 2. The average Bonchev–Trinajstić information content (AvgIpc) is 2.89. The molecule has 0 bridgehead atoms. The average molecular weight is 283 g/mol. The number of aromatic nitrogens is 1. The number of rotatable bonds is 1. The van der Waals surface area contributed by atoms with Crippen molar-refractivity contribution >= 4 is 28.3 Å². The maximum atomic E-state index is 11.7. The van der Waals surface area contributed by atoms with Crippen LogP contribution >= 0.6 is 0 Å². The summed E-state index contributed by atoms with van der Waals surface area (Å²) in [5.41, 5.74) is 8.70. The Labute approximate surface area is 122 Å². The number of pyridine rings is 1. The second kappa shape index (κ2) is 4.51. The number of nitrogens with one attached hydrogen (secondary N) is 1. The van der Waals surface area contributed by atoms with Crippen LogP contribution in [0.5, 0.6) is 0 Å². The first-order valence-electron chi connectivity index (χ1n) is 7.16. The van der Waals surface area contributed by atoms with Gasteiger partial charge >= 0.3 is 6.03 Å². The van der Waals surface area contributed by atoms with Crippen LogP contribution < -0.4 is 16.0 Å². The van der Waals surface area contributed by atoms with Gasteiger partial charge in [-0.05, 0) is 24.3 Å². The number of carbonyl (C=O) groups excluding carboxylic acids is 1. The smallest absolute Gasteiger partial charge is 0.317 e. The van der Waals surface area contributed by atoms with Crippen LogP contribution in [0, 0.1) is 0 Å². The lowest BCUT2D eigenvalue weighted by Gasteiger charge is -2.38. The molecular weight excluding hydrogens is 266 g/mol. The molecule has 0 spiro atoms. The molecule has 2 aliphatic rings. The van der Waals surface area contributed by atoms with E-state index < -0.39 is 0 Å². The van der Waals surface area contributed by atoms with E-state index in [9.17, 15) is 4.79 Å². The molecule has 3 heterocycles. The Morgan fingerprint density at radius 1 is 1.29 bits per heavy atom. The van der Waals surface area contributed by atoms with Gasteiger partial charge < -0.3 is 20.9 Å². The van der Waals surface area contributed by atoms with Gasteiger partial charge in [0, 0.05) is 43.4 Å². The van der Waals surface area contributed by atoms with E-state index in [1.807, 2.05) is 17.0 Å². The molecule has 3 N–H and O–H groups in total. The molecule has 2 saturated heterocycles. The summed E-state index contributed by atoms with van der Waals surface area (Å²) in [5.74, 6) is 0. The minimum atomic E-state index is 0.0588. The molecular formula is C15H17N5O. The number of nitrogens with two attached hydrogens (primary N) is 1. The third-order valence-electron chi connectivity index (χ3n) is 4.35. The highest BCUT2D eigenvalue weighted by molar-refractivity contribution is 5.98. The van der Waals surface area contributed by atoms with Crippen LogP contribution in [0.3, 0.4) is 0 Å². The summed E-state index contributed by atoms with van der Waals surface area (Å²) >= 11 is 0. The van der Waals surface area contributed by atoms with Crippen molar-refractivity contribution in [3.8, 4) is 0 Å². The normalized spacial score (nSPS) is 21.5. The van der Waals surface area contributed by atoms with E-state index in [1.54, 1.807) is 6.20 Å². The van der Waals surface area contributed by atoms with Gasteiger partial charge in [0.05, 0.1) is 17.2 Å². The van der Waals surface area contributed by atoms with Crippen molar-refractivity contribution in [1.82, 2.24) is 15.2 Å². The predicted molar refractivity (Wildman–Crippen MR) is 82.3 cm³/mol. The summed E-state index contributed by atoms with van der Waals surface area (Å²) in [7, 11) is 0. The molecule has 2 aromatic rings. The van der Waals surface area contributed by atoms with Gasteiger partial charge in [-0.25, -0.2) is 4.79 Å². The van der Waals surface area contributed by atoms with Gasteiger partial charge in [0.1, 0.15) is 0 Å². The molecule has 2 fully saturated rings. The molecule has 1 unspecified atom stereocenters. The molecule has 2 amide bonds. The number of benzene rings is 1. The van der Waals surface area contributed by atoms with Crippen LogP contribution in [0.1, 0.15) is 0 Å². The van der Waals surface area contributed by atoms with Crippen LogP contribution in [0.4, 0.5) is 16.2 Å². The molecule has 2 aliphatic heterocycles. The highest BCUT2D eigenvalue weighted by Gasteiger charge is 2.35. The molecule has 6 nitrogen and oxygen atoms in total. The number of fused-ring (bicyclic) bond motifs is 2. The van der Waals surface area contributed by atoms with Gasteiger partial charge in [0.15, 0.2) is 0 Å². The molecule has 108 valence electrons. The largest absolute Gasteiger partial charge is 0.397 e. The van der Waals surface area contributed by atoms with Gasteiger partial charge in [-0.2, -0.15) is 0 Å². The lowest BCUT2D eigenvalue weighted by atomic mass is 10.1. The van der Waals surface area contributed by atoms with Crippen molar-refractivity contribution < 1.29 is 4.79 Å². The van der Waals surface area contributed by atoms with Gasteiger partial charge in [-0.3, -0.25) is 4.98 Å². The van der Waals surface area contributed by atoms with Crippen molar-refractivity contribution in [3.63, 3.8) is 0 Å². The minimum absolute atomic E-state index is 0.0588. The van der Waals surface area contributed by atoms with E-state index >= 15 is 0 Å². The number of piperazine rings is 1. The van der Waals surface area contributed by atoms with Crippen LogP contribution in [0.25, 0.3) is 10.9 Å². The Morgan fingerprint density at radius 2 is 2.19 bits per heavy atom. The first kappa shape index (κ1) is 12.3. The minimum Gasteiger partial charge on any atom is -0.397 e. The van der Waals surface area contributed by atoms with Gasteiger partial charge in [0.2, 0.25) is 0 Å². The van der Waals surface area contributed by atoms with Crippen molar-refractivity contribution in [1.29, 1.82) is 0 Å². The SMILES string of the molecule is Nc1ccc(N2CCN3C(=O)NCC3C2)c2cccnc12. The van der Waals surface area contributed by atoms with Gasteiger partial charge in [-0.1, -0.05) is 0 Å². The number of carbonyl (C=O) groups is 1. The fourth-order valence-corrected chi connectivity index (χ4v) is 3.28. The fraction of sp³-hybridized carbons (Fsp3) is 0.333. The van der Waals surface area contributed by atoms with Crippen LogP contribution in [0.2, 0.25) is 0 Å². The van der Waals surface area contributed by atoms with Crippen LogP contribution in [-0.2, 0) is 0 Å². The monoisotopic (exact) mass is 283 g/mol. The number of nitrogens with zero attached hydrogens (tertiary/aromatic N) is 3. The molecule has 1 aromatic heterocycles. The highest BCUT2D eigenvalue weighted by atomic mass is 16.2. The summed E-state index contributed by atoms with van der Waals surface area (Å²) in [4.78, 5) is 20.3. The van der Waals surface area contributed by atoms with Gasteiger partial charge in [-0.15, -0.1) is 0 Å². The van der Waals surface area contributed by atoms with Crippen molar-refractivity contribution in [2.24, 2.45) is 0 Å². The summed E-state index contributed by atoms with van der Waals surface area (Å²) < 4.78 is 0. The number of amides is 2. The Morgan fingerprint density at radius 3 is 3.10 bits per heavy atom. The molecule has 0 aliphatic carbocycles. The highest BCUT2D eigenvalue weighted by Crippen LogP contribution is 2.31. The standard InChI is InChI=1S/C15H17N5O/c16-12-3-4-13(11-2-1-5-17-14(11)12)19-6-7-20-10(9-19)8-18-15(20)21/h1-5,10H,6-9,16H2,(H,18,21). The summed E-state index contributed by atoms with van der Waals surface area (Å²) in [6, 6.07) is 8.26. The second-order valence-electron chi connectivity index (χ2n) is 5.55. The molecule has 0 radical (unpaired) electrons. The number of nitrogen functional groups attached to an aromatic ring is 1. The quantitative estimate of drug-likeness (QED) is 0.767. The zero-order valence-corrected chi connectivity index (χ0v) is 11.6. The number of hydrogen-bond acceptors (Lipinski definition) is 4. The van der Waals surface area contributed by atoms with E-state index in [0.29, 0.717) is 5.69 Å². The van der Waals surface area contributed by atoms with Gasteiger partial charge in [0.25, 0.3) is 0 Å². The van der Waals surface area contributed by atoms with Crippen molar-refractivity contribution in [2.45, 2.75) is 6.04 Å². The first-order chi connectivity index (χ1) is 10.2. The molecule has 1 atom stereocenters. The second-order valence-corrected chi connectivity index (χ2v) is 5.55. The van der Waals surface area contributed by atoms with E-state index in [4.69, 9.17) is 5.73 Å². The summed E-state index contributed by atoms with van der Waals surface area (Å²) in [6.45, 7) is 3.15. The predicted octanol–water partition coefficient (Wildman–Crippen LogP) is 1.03. The topological polar surface area (TPSA) is 74.5 Å². The Hall–Kier alpha value is -2.50. The number of hydrogen-bond donors (Lipinski definition) is 2.